The van der Waals surface area contributed by atoms with E-state index < -0.39 is 0 Å². The van der Waals surface area contributed by atoms with E-state index in [-0.39, 0.29) is 12.5 Å². The molecule has 1 aromatic carbocycles. The summed E-state index contributed by atoms with van der Waals surface area (Å²) < 4.78 is 0. The Morgan fingerprint density at radius 2 is 2.33 bits per heavy atom. The van der Waals surface area contributed by atoms with Crippen molar-refractivity contribution < 1.29 is 9.90 Å². The number of aliphatic hydroxyl groups is 1. The van der Waals surface area contributed by atoms with E-state index in [1.807, 2.05) is 19.1 Å². The van der Waals surface area contributed by atoms with Crippen LogP contribution in [-0.2, 0) is 6.54 Å². The monoisotopic (exact) mass is 283 g/mol. The normalized spacial score (nSPS) is 9.81. The first-order valence-corrected chi connectivity index (χ1v) is 6.67. The molecule has 2 aromatic rings. The summed E-state index contributed by atoms with van der Waals surface area (Å²) in [5.41, 5.74) is 2.24. The second-order valence-electron chi connectivity index (χ2n) is 4.52. The molecule has 1 amide bonds. The highest BCUT2D eigenvalue weighted by Gasteiger charge is 2.09. The van der Waals surface area contributed by atoms with E-state index in [2.05, 4.69) is 27.1 Å². The number of imidazole rings is 1. The van der Waals surface area contributed by atoms with Crippen LogP contribution in [0.4, 0.5) is 0 Å². The number of nitrogens with zero attached hydrogens (tertiary/aromatic N) is 1. The molecule has 3 N–H and O–H groups in total. The first kappa shape index (κ1) is 14.8. The molecule has 0 aliphatic carbocycles. The average Bonchev–Trinajstić information content (AvgIpc) is 3.00. The maximum Gasteiger partial charge on any atom is 0.251 e. The van der Waals surface area contributed by atoms with Gasteiger partial charge in [-0.25, -0.2) is 4.98 Å². The summed E-state index contributed by atoms with van der Waals surface area (Å²) in [7, 11) is 0. The van der Waals surface area contributed by atoms with Gasteiger partial charge in [-0.1, -0.05) is 17.9 Å². The van der Waals surface area contributed by atoms with Crippen LogP contribution in [0.5, 0.6) is 0 Å². The second-order valence-corrected chi connectivity index (χ2v) is 4.52. The molecule has 0 aliphatic rings. The molecule has 0 fully saturated rings. The van der Waals surface area contributed by atoms with Crippen molar-refractivity contribution in [3.05, 3.63) is 53.1 Å². The lowest BCUT2D eigenvalue weighted by Crippen LogP contribution is -2.24. The van der Waals surface area contributed by atoms with E-state index >= 15 is 0 Å². The van der Waals surface area contributed by atoms with Gasteiger partial charge in [-0.15, -0.1) is 0 Å². The van der Waals surface area contributed by atoms with Gasteiger partial charge in [0.2, 0.25) is 0 Å². The Morgan fingerprint density at radius 3 is 3.05 bits per heavy atom. The zero-order valence-corrected chi connectivity index (χ0v) is 11.8. The highest BCUT2D eigenvalue weighted by atomic mass is 16.2. The minimum atomic E-state index is -0.158. The SMILES string of the molecule is Cc1ccc(C#CCCO)cc1C(=O)NCc1ncc[nH]1. The molecule has 5 heteroatoms. The van der Waals surface area contributed by atoms with E-state index in [4.69, 9.17) is 5.11 Å². The molecule has 0 aliphatic heterocycles. The van der Waals surface area contributed by atoms with Crippen LogP contribution in [-0.4, -0.2) is 27.6 Å². The number of benzene rings is 1. The van der Waals surface area contributed by atoms with E-state index in [1.165, 1.54) is 0 Å². The Balaban J connectivity index is 2.09. The molecular formula is C16H17N3O2. The van der Waals surface area contributed by atoms with Crippen LogP contribution in [0.25, 0.3) is 0 Å². The number of aromatic amines is 1. The van der Waals surface area contributed by atoms with E-state index in [0.717, 1.165) is 11.1 Å². The summed E-state index contributed by atoms with van der Waals surface area (Å²) in [6, 6.07) is 5.49. The largest absolute Gasteiger partial charge is 0.395 e. The number of hydrogen-bond acceptors (Lipinski definition) is 3. The van der Waals surface area contributed by atoms with Gasteiger partial charge in [0.1, 0.15) is 5.82 Å². The topological polar surface area (TPSA) is 78.0 Å². The lowest BCUT2D eigenvalue weighted by atomic mass is 10.0. The molecule has 0 saturated heterocycles. The predicted octanol–water partition coefficient (Wildman–Crippen LogP) is 1.38. The van der Waals surface area contributed by atoms with Crippen molar-refractivity contribution in [3.8, 4) is 11.8 Å². The Hall–Kier alpha value is -2.58. The third-order valence-electron chi connectivity index (χ3n) is 2.92. The minimum Gasteiger partial charge on any atom is -0.395 e. The predicted molar refractivity (Wildman–Crippen MR) is 79.5 cm³/mol. The molecule has 0 atom stereocenters. The molecule has 5 nitrogen and oxygen atoms in total. The molecule has 1 heterocycles. The summed E-state index contributed by atoms with van der Waals surface area (Å²) >= 11 is 0. The van der Waals surface area contributed by atoms with Crippen LogP contribution in [0.15, 0.2) is 30.6 Å². The fourth-order valence-electron chi connectivity index (χ4n) is 1.82. The molecule has 0 bridgehead atoms. The standard InChI is InChI=1S/C16H17N3O2/c1-12-5-6-13(4-2-3-9-20)10-14(12)16(21)19-11-15-17-7-8-18-15/h5-8,10,20H,3,9,11H2,1H3,(H,17,18)(H,19,21). The van der Waals surface area contributed by atoms with Crippen molar-refractivity contribution in [1.29, 1.82) is 0 Å². The zero-order valence-electron chi connectivity index (χ0n) is 11.8. The van der Waals surface area contributed by atoms with Crippen LogP contribution < -0.4 is 5.32 Å². The second kappa shape index (κ2) is 7.27. The number of aryl methyl sites for hydroxylation is 1. The summed E-state index contributed by atoms with van der Waals surface area (Å²) in [5, 5.41) is 11.5. The summed E-state index contributed by atoms with van der Waals surface area (Å²) in [5.74, 6) is 6.32. The van der Waals surface area contributed by atoms with E-state index in [0.29, 0.717) is 24.4 Å². The quantitative estimate of drug-likeness (QED) is 0.742. The van der Waals surface area contributed by atoms with Gasteiger partial charge in [-0.3, -0.25) is 4.79 Å². The van der Waals surface area contributed by atoms with Gasteiger partial charge < -0.3 is 15.4 Å². The molecule has 0 unspecified atom stereocenters. The van der Waals surface area contributed by atoms with Crippen molar-refractivity contribution in [2.24, 2.45) is 0 Å². The fourth-order valence-corrected chi connectivity index (χ4v) is 1.82. The van der Waals surface area contributed by atoms with E-state index in [1.54, 1.807) is 18.5 Å². The summed E-state index contributed by atoms with van der Waals surface area (Å²) in [4.78, 5) is 19.2. The number of rotatable bonds is 4. The first-order valence-electron chi connectivity index (χ1n) is 6.67. The molecule has 2 rings (SSSR count). The number of nitrogens with one attached hydrogen (secondary N) is 2. The van der Waals surface area contributed by atoms with Crippen LogP contribution in [0.3, 0.4) is 0 Å². The number of amides is 1. The minimum absolute atomic E-state index is 0.0371. The Labute approximate surface area is 123 Å². The molecule has 0 saturated carbocycles. The third-order valence-corrected chi connectivity index (χ3v) is 2.92. The van der Waals surface area contributed by atoms with Crippen LogP contribution in [0.1, 0.15) is 33.7 Å². The van der Waals surface area contributed by atoms with Crippen molar-refractivity contribution >= 4 is 5.91 Å². The number of carbonyl (C=O) groups excluding carboxylic acids is 1. The Kier molecular flexibility index (Phi) is 5.13. The van der Waals surface area contributed by atoms with Crippen molar-refractivity contribution in [2.45, 2.75) is 19.9 Å². The van der Waals surface area contributed by atoms with Gasteiger partial charge in [0.05, 0.1) is 13.2 Å². The smallest absolute Gasteiger partial charge is 0.251 e. The Morgan fingerprint density at radius 1 is 1.48 bits per heavy atom. The molecule has 108 valence electrons. The van der Waals surface area contributed by atoms with Gasteiger partial charge >= 0.3 is 0 Å². The Bertz CT molecular complexity index is 667. The van der Waals surface area contributed by atoms with Crippen LogP contribution in [0.2, 0.25) is 0 Å². The fraction of sp³-hybridized carbons (Fsp3) is 0.250. The maximum atomic E-state index is 12.2. The van der Waals surface area contributed by atoms with Crippen molar-refractivity contribution in [3.63, 3.8) is 0 Å². The molecule has 1 aromatic heterocycles. The van der Waals surface area contributed by atoms with Gasteiger partial charge in [0.25, 0.3) is 5.91 Å². The van der Waals surface area contributed by atoms with E-state index in [9.17, 15) is 4.79 Å². The number of aromatic nitrogens is 2. The maximum absolute atomic E-state index is 12.2. The summed E-state index contributed by atoms with van der Waals surface area (Å²) in [6.07, 6.45) is 3.78. The highest BCUT2D eigenvalue weighted by molar-refractivity contribution is 5.95. The molecule has 21 heavy (non-hydrogen) atoms. The number of hydrogen-bond donors (Lipinski definition) is 3. The molecule has 0 radical (unpaired) electrons. The number of aliphatic hydroxyl groups excluding tert-OH is 1. The average molecular weight is 283 g/mol. The molecular weight excluding hydrogens is 266 g/mol. The van der Waals surface area contributed by atoms with Gasteiger partial charge in [-0.05, 0) is 24.6 Å². The summed E-state index contributed by atoms with van der Waals surface area (Å²) in [6.45, 7) is 2.27. The van der Waals surface area contributed by atoms with Gasteiger partial charge in [-0.2, -0.15) is 0 Å². The zero-order chi connectivity index (χ0) is 15.1. The van der Waals surface area contributed by atoms with Gasteiger partial charge in [0.15, 0.2) is 0 Å². The van der Waals surface area contributed by atoms with Crippen molar-refractivity contribution in [2.75, 3.05) is 6.61 Å². The lowest BCUT2D eigenvalue weighted by Gasteiger charge is -2.07. The molecule has 0 spiro atoms. The number of H-pyrrole nitrogens is 1. The number of carbonyl (C=O) groups is 1. The van der Waals surface area contributed by atoms with Gasteiger partial charge in [0, 0.05) is 29.9 Å². The highest BCUT2D eigenvalue weighted by Crippen LogP contribution is 2.11. The van der Waals surface area contributed by atoms with Crippen LogP contribution in [0, 0.1) is 18.8 Å². The lowest BCUT2D eigenvalue weighted by molar-refractivity contribution is 0.0949. The van der Waals surface area contributed by atoms with Crippen LogP contribution >= 0.6 is 0 Å². The van der Waals surface area contributed by atoms with Crippen molar-refractivity contribution in [1.82, 2.24) is 15.3 Å². The first-order chi connectivity index (χ1) is 10.2. The third kappa shape index (κ3) is 4.20.